The van der Waals surface area contributed by atoms with Crippen molar-refractivity contribution in [3.05, 3.63) is 23.1 Å². The zero-order valence-electron chi connectivity index (χ0n) is 7.14. The first-order valence-electron chi connectivity index (χ1n) is 3.55. The standard InChI is InChI=1S/C8H8F3NO/c1-4-3-5(7(10)11)6(9)8(12-4)13-2/h3,7H,1-2H3. The lowest BCUT2D eigenvalue weighted by molar-refractivity contribution is 0.144. The first-order chi connectivity index (χ1) is 6.06. The molecule has 13 heavy (non-hydrogen) atoms. The minimum Gasteiger partial charge on any atom is -0.479 e. The van der Waals surface area contributed by atoms with Gasteiger partial charge in [-0.25, -0.2) is 18.2 Å². The molecule has 1 aromatic rings. The van der Waals surface area contributed by atoms with Crippen LogP contribution in [0.5, 0.6) is 5.88 Å². The van der Waals surface area contributed by atoms with Crippen LogP contribution in [-0.2, 0) is 0 Å². The van der Waals surface area contributed by atoms with Crippen LogP contribution >= 0.6 is 0 Å². The fourth-order valence-electron chi connectivity index (χ4n) is 0.947. The highest BCUT2D eigenvalue weighted by molar-refractivity contribution is 5.27. The average molecular weight is 191 g/mol. The summed E-state index contributed by atoms with van der Waals surface area (Å²) in [6.45, 7) is 1.49. The van der Waals surface area contributed by atoms with Gasteiger partial charge in [-0.05, 0) is 13.0 Å². The smallest absolute Gasteiger partial charge is 0.266 e. The number of aromatic nitrogens is 1. The molecule has 0 radical (unpaired) electrons. The Morgan fingerprint density at radius 1 is 1.46 bits per heavy atom. The number of rotatable bonds is 2. The highest BCUT2D eigenvalue weighted by Gasteiger charge is 2.18. The summed E-state index contributed by atoms with van der Waals surface area (Å²) in [7, 11) is 1.18. The summed E-state index contributed by atoms with van der Waals surface area (Å²) in [5, 5.41) is 0. The van der Waals surface area contributed by atoms with Gasteiger partial charge in [0.1, 0.15) is 0 Å². The third kappa shape index (κ3) is 1.91. The first-order valence-corrected chi connectivity index (χ1v) is 3.55. The molecule has 1 heterocycles. The number of alkyl halides is 2. The van der Waals surface area contributed by atoms with E-state index in [0.717, 1.165) is 6.07 Å². The minimum atomic E-state index is -2.85. The second-order valence-corrected chi connectivity index (χ2v) is 2.48. The number of methoxy groups -OCH3 is 1. The van der Waals surface area contributed by atoms with Gasteiger partial charge in [-0.2, -0.15) is 0 Å². The van der Waals surface area contributed by atoms with Gasteiger partial charge in [0.15, 0.2) is 5.82 Å². The number of pyridine rings is 1. The minimum absolute atomic E-state index is 0.300. The second-order valence-electron chi connectivity index (χ2n) is 2.48. The van der Waals surface area contributed by atoms with Crippen molar-refractivity contribution in [1.29, 1.82) is 0 Å². The van der Waals surface area contributed by atoms with Gasteiger partial charge < -0.3 is 4.74 Å². The summed E-state index contributed by atoms with van der Waals surface area (Å²) in [5.41, 5.74) is -0.377. The van der Waals surface area contributed by atoms with Gasteiger partial charge in [0.05, 0.1) is 12.7 Å². The number of nitrogens with zero attached hydrogens (tertiary/aromatic N) is 1. The Morgan fingerprint density at radius 2 is 2.08 bits per heavy atom. The van der Waals surface area contributed by atoms with Crippen LogP contribution < -0.4 is 4.74 Å². The fourth-order valence-corrected chi connectivity index (χ4v) is 0.947. The Morgan fingerprint density at radius 3 is 2.54 bits per heavy atom. The number of halogens is 3. The molecule has 0 saturated carbocycles. The normalized spacial score (nSPS) is 10.6. The lowest BCUT2D eigenvalue weighted by Crippen LogP contribution is -2.00. The van der Waals surface area contributed by atoms with E-state index in [1.807, 2.05) is 0 Å². The molecule has 0 aliphatic rings. The lowest BCUT2D eigenvalue weighted by atomic mass is 10.2. The summed E-state index contributed by atoms with van der Waals surface area (Å²) in [6.07, 6.45) is -2.85. The highest BCUT2D eigenvalue weighted by atomic mass is 19.3. The Bertz CT molecular complexity index is 315. The van der Waals surface area contributed by atoms with Crippen molar-refractivity contribution in [3.8, 4) is 5.88 Å². The van der Waals surface area contributed by atoms with Crippen molar-refractivity contribution in [2.75, 3.05) is 7.11 Å². The number of hydrogen-bond acceptors (Lipinski definition) is 2. The van der Waals surface area contributed by atoms with Gasteiger partial charge in [0, 0.05) is 5.69 Å². The summed E-state index contributed by atoms with van der Waals surface area (Å²) in [6, 6.07) is 1.00. The highest BCUT2D eigenvalue weighted by Crippen LogP contribution is 2.27. The summed E-state index contributed by atoms with van der Waals surface area (Å²) in [4.78, 5) is 3.60. The lowest BCUT2D eigenvalue weighted by Gasteiger charge is -2.06. The van der Waals surface area contributed by atoms with Gasteiger partial charge in [-0.3, -0.25) is 0 Å². The molecule has 72 valence electrons. The van der Waals surface area contributed by atoms with Gasteiger partial charge in [-0.1, -0.05) is 0 Å². The van der Waals surface area contributed by atoms with Crippen LogP contribution in [0.4, 0.5) is 13.2 Å². The Kier molecular flexibility index (Phi) is 2.75. The van der Waals surface area contributed by atoms with E-state index in [4.69, 9.17) is 0 Å². The maximum Gasteiger partial charge on any atom is 0.266 e. The van der Waals surface area contributed by atoms with E-state index < -0.39 is 23.7 Å². The molecule has 0 aromatic carbocycles. The molecule has 1 aromatic heterocycles. The second kappa shape index (κ2) is 3.64. The maximum atomic E-state index is 13.0. The quantitative estimate of drug-likeness (QED) is 0.716. The molecule has 2 nitrogen and oxygen atoms in total. The predicted octanol–water partition coefficient (Wildman–Crippen LogP) is 2.48. The van der Waals surface area contributed by atoms with Crippen LogP contribution in [-0.4, -0.2) is 12.1 Å². The molecular weight excluding hydrogens is 183 g/mol. The van der Waals surface area contributed by atoms with Crippen LogP contribution in [0, 0.1) is 12.7 Å². The van der Waals surface area contributed by atoms with E-state index in [1.165, 1.54) is 14.0 Å². The Labute approximate surface area is 73.4 Å². The molecule has 0 atom stereocenters. The molecule has 0 fully saturated rings. The summed E-state index contributed by atoms with van der Waals surface area (Å²) in [5.74, 6) is -1.49. The van der Waals surface area contributed by atoms with Gasteiger partial charge in [0.25, 0.3) is 12.3 Å². The van der Waals surface area contributed by atoms with Crippen molar-refractivity contribution in [2.45, 2.75) is 13.3 Å². The average Bonchev–Trinajstić information content (AvgIpc) is 2.08. The molecular formula is C8H8F3NO. The van der Waals surface area contributed by atoms with E-state index >= 15 is 0 Å². The van der Waals surface area contributed by atoms with E-state index in [-0.39, 0.29) is 0 Å². The largest absolute Gasteiger partial charge is 0.479 e. The fraction of sp³-hybridized carbons (Fsp3) is 0.375. The number of aryl methyl sites for hydroxylation is 1. The van der Waals surface area contributed by atoms with Crippen molar-refractivity contribution >= 4 is 0 Å². The molecule has 0 N–H and O–H groups in total. The molecule has 1 rings (SSSR count). The first kappa shape index (κ1) is 9.83. The van der Waals surface area contributed by atoms with Gasteiger partial charge >= 0.3 is 0 Å². The van der Waals surface area contributed by atoms with E-state index in [1.54, 1.807) is 0 Å². The van der Waals surface area contributed by atoms with Crippen LogP contribution in [0.25, 0.3) is 0 Å². The predicted molar refractivity (Wildman–Crippen MR) is 40.4 cm³/mol. The van der Waals surface area contributed by atoms with Crippen LogP contribution in [0.3, 0.4) is 0 Å². The van der Waals surface area contributed by atoms with Crippen molar-refractivity contribution in [3.63, 3.8) is 0 Å². The van der Waals surface area contributed by atoms with E-state index in [2.05, 4.69) is 9.72 Å². The molecule has 0 amide bonds. The SMILES string of the molecule is COc1nc(C)cc(C(F)F)c1F. The summed E-state index contributed by atoms with van der Waals surface area (Å²) < 4.78 is 41.9. The molecule has 0 saturated heterocycles. The van der Waals surface area contributed by atoms with Crippen LogP contribution in [0.2, 0.25) is 0 Å². The third-order valence-electron chi connectivity index (χ3n) is 1.51. The van der Waals surface area contributed by atoms with E-state index in [0.29, 0.717) is 5.69 Å². The third-order valence-corrected chi connectivity index (χ3v) is 1.51. The number of hydrogen-bond donors (Lipinski definition) is 0. The van der Waals surface area contributed by atoms with Crippen molar-refractivity contribution < 1.29 is 17.9 Å². The topological polar surface area (TPSA) is 22.1 Å². The molecule has 5 heteroatoms. The maximum absolute atomic E-state index is 13.0. The van der Waals surface area contributed by atoms with Gasteiger partial charge in [-0.15, -0.1) is 0 Å². The number of ether oxygens (including phenoxy) is 1. The molecule has 0 spiro atoms. The Hall–Kier alpha value is -1.26. The monoisotopic (exact) mass is 191 g/mol. The van der Waals surface area contributed by atoms with Crippen molar-refractivity contribution in [1.82, 2.24) is 4.98 Å². The van der Waals surface area contributed by atoms with Gasteiger partial charge in [0.2, 0.25) is 0 Å². The molecule has 0 bridgehead atoms. The summed E-state index contributed by atoms with van der Waals surface area (Å²) >= 11 is 0. The van der Waals surface area contributed by atoms with E-state index in [9.17, 15) is 13.2 Å². The molecule has 0 aliphatic heterocycles. The zero-order valence-corrected chi connectivity index (χ0v) is 7.14. The zero-order chi connectivity index (χ0) is 10.0. The Balaban J connectivity index is 3.27. The molecule has 0 unspecified atom stereocenters. The van der Waals surface area contributed by atoms with Crippen LogP contribution in [0.1, 0.15) is 17.7 Å². The van der Waals surface area contributed by atoms with Crippen molar-refractivity contribution in [2.24, 2.45) is 0 Å². The van der Waals surface area contributed by atoms with Crippen LogP contribution in [0.15, 0.2) is 6.07 Å². The molecule has 0 aliphatic carbocycles.